The second-order valence-corrected chi connectivity index (χ2v) is 10.6. The number of unbranched alkanes of at least 4 members (excludes halogenated alkanes) is 1. The molecule has 3 aromatic rings. The number of anilines is 2. The minimum Gasteiger partial charge on any atom is -0.495 e. The molecule has 0 unspecified atom stereocenters. The number of carbonyl (C=O) groups is 2. The van der Waals surface area contributed by atoms with Crippen molar-refractivity contribution < 1.29 is 27.5 Å². The van der Waals surface area contributed by atoms with Gasteiger partial charge in [-0.2, -0.15) is 0 Å². The van der Waals surface area contributed by atoms with Gasteiger partial charge in [0.05, 0.1) is 29.9 Å². The van der Waals surface area contributed by atoms with Crippen LogP contribution in [0.25, 0.3) is 0 Å². The number of esters is 1. The average Bonchev–Trinajstić information content (AvgIpc) is 2.88. The first kappa shape index (κ1) is 28.0. The molecule has 1 N–H and O–H groups in total. The predicted octanol–water partition coefficient (Wildman–Crippen LogP) is 5.45. The average molecular weight is 545 g/mol. The van der Waals surface area contributed by atoms with E-state index in [0.717, 1.165) is 22.7 Å². The van der Waals surface area contributed by atoms with Crippen LogP contribution in [0.5, 0.6) is 5.75 Å². The number of ether oxygens (including phenoxy) is 2. The quantitative estimate of drug-likeness (QED) is 0.254. The van der Waals surface area contributed by atoms with E-state index in [1.807, 2.05) is 13.8 Å². The van der Waals surface area contributed by atoms with Gasteiger partial charge in [-0.15, -0.1) is 0 Å². The van der Waals surface area contributed by atoms with Crippen LogP contribution >= 0.6 is 11.6 Å². The van der Waals surface area contributed by atoms with Gasteiger partial charge in [-0.1, -0.05) is 42.6 Å². The molecule has 3 aromatic carbocycles. The third-order valence-electron chi connectivity index (χ3n) is 5.44. The zero-order valence-electron chi connectivity index (χ0n) is 20.9. The summed E-state index contributed by atoms with van der Waals surface area (Å²) in [6.45, 7) is 3.64. The lowest BCUT2D eigenvalue weighted by Crippen LogP contribution is -2.38. The van der Waals surface area contributed by atoms with Crippen molar-refractivity contribution in [3.05, 3.63) is 82.9 Å². The molecule has 0 saturated carbocycles. The molecule has 0 saturated heterocycles. The summed E-state index contributed by atoms with van der Waals surface area (Å²) < 4.78 is 38.8. The molecule has 0 atom stereocenters. The summed E-state index contributed by atoms with van der Waals surface area (Å²) in [6.07, 6.45) is 1.69. The molecule has 10 heteroatoms. The summed E-state index contributed by atoms with van der Waals surface area (Å²) in [5.74, 6) is -0.815. The van der Waals surface area contributed by atoms with Gasteiger partial charge in [0.25, 0.3) is 10.0 Å². The van der Waals surface area contributed by atoms with Gasteiger partial charge in [0, 0.05) is 10.7 Å². The molecule has 3 rings (SSSR count). The van der Waals surface area contributed by atoms with Crippen molar-refractivity contribution in [2.75, 3.05) is 29.9 Å². The number of nitrogens with one attached hydrogen (secondary N) is 1. The molecule has 0 fully saturated rings. The molecule has 0 aliphatic carbocycles. The van der Waals surface area contributed by atoms with E-state index in [1.54, 1.807) is 30.3 Å². The Morgan fingerprint density at radius 1 is 1.00 bits per heavy atom. The van der Waals surface area contributed by atoms with Gasteiger partial charge in [0.15, 0.2) is 0 Å². The Morgan fingerprint density at radius 2 is 1.68 bits per heavy atom. The van der Waals surface area contributed by atoms with Crippen LogP contribution in [-0.2, 0) is 19.6 Å². The van der Waals surface area contributed by atoms with Gasteiger partial charge >= 0.3 is 5.97 Å². The third kappa shape index (κ3) is 7.24. The number of nitrogens with zero attached hydrogens (tertiary/aromatic N) is 1. The molecule has 1 amide bonds. The molecule has 0 aromatic heterocycles. The van der Waals surface area contributed by atoms with Gasteiger partial charge < -0.3 is 14.8 Å². The van der Waals surface area contributed by atoms with Crippen LogP contribution in [0.3, 0.4) is 0 Å². The van der Waals surface area contributed by atoms with Gasteiger partial charge in [-0.25, -0.2) is 13.2 Å². The van der Waals surface area contributed by atoms with Crippen molar-refractivity contribution in [3.8, 4) is 5.75 Å². The second kappa shape index (κ2) is 12.6. The number of hydrogen-bond acceptors (Lipinski definition) is 6. The van der Waals surface area contributed by atoms with E-state index in [2.05, 4.69) is 5.32 Å². The normalized spacial score (nSPS) is 11.0. The second-order valence-electron chi connectivity index (χ2n) is 8.26. The molecule has 196 valence electrons. The Labute approximate surface area is 222 Å². The first-order valence-electron chi connectivity index (χ1n) is 11.7. The number of rotatable bonds is 11. The van der Waals surface area contributed by atoms with Crippen LogP contribution in [0.4, 0.5) is 11.4 Å². The van der Waals surface area contributed by atoms with E-state index in [9.17, 15) is 18.0 Å². The van der Waals surface area contributed by atoms with Crippen molar-refractivity contribution in [2.24, 2.45) is 0 Å². The van der Waals surface area contributed by atoms with Crippen LogP contribution < -0.4 is 14.4 Å². The molecule has 0 spiro atoms. The van der Waals surface area contributed by atoms with E-state index in [0.29, 0.717) is 17.9 Å². The summed E-state index contributed by atoms with van der Waals surface area (Å²) in [5, 5.41) is 2.95. The van der Waals surface area contributed by atoms with E-state index in [4.69, 9.17) is 21.1 Å². The number of methoxy groups -OCH3 is 1. The number of halogens is 1. The molecule has 0 aliphatic rings. The molecular formula is C27H29ClN2O6S. The zero-order chi connectivity index (χ0) is 27.0. The summed E-state index contributed by atoms with van der Waals surface area (Å²) >= 11 is 6.17. The number of carbonyl (C=O) groups excluding carboxylic acids is 2. The van der Waals surface area contributed by atoms with Crippen molar-refractivity contribution in [2.45, 2.75) is 31.6 Å². The standard InChI is InChI=1S/C27H29ClN2O6S/c1-4-5-16-36-27(32)20-8-11-22(12-9-20)29-26(31)18-30(24-17-21(28)10-15-25(24)35-3)37(33,34)23-13-6-19(2)7-14-23/h6-15,17H,4-5,16,18H2,1-3H3,(H,29,31). The number of sulfonamides is 1. The highest BCUT2D eigenvalue weighted by Crippen LogP contribution is 2.35. The Kier molecular flexibility index (Phi) is 9.54. The fourth-order valence-corrected chi connectivity index (χ4v) is 5.00. The highest BCUT2D eigenvalue weighted by atomic mass is 35.5. The Balaban J connectivity index is 1.86. The number of benzene rings is 3. The molecule has 0 heterocycles. The maximum absolute atomic E-state index is 13.6. The van der Waals surface area contributed by atoms with E-state index in [-0.39, 0.29) is 21.4 Å². The van der Waals surface area contributed by atoms with Gasteiger partial charge in [-0.05, 0) is 67.9 Å². The SMILES string of the molecule is CCCCOC(=O)c1ccc(NC(=O)CN(c2cc(Cl)ccc2OC)S(=O)(=O)c2ccc(C)cc2)cc1. The van der Waals surface area contributed by atoms with Crippen LogP contribution in [0, 0.1) is 6.92 Å². The lowest BCUT2D eigenvalue weighted by Gasteiger charge is -2.26. The molecule has 0 aliphatic heterocycles. The zero-order valence-corrected chi connectivity index (χ0v) is 22.4. The van der Waals surface area contributed by atoms with E-state index >= 15 is 0 Å². The molecule has 0 radical (unpaired) electrons. The monoisotopic (exact) mass is 544 g/mol. The third-order valence-corrected chi connectivity index (χ3v) is 7.45. The van der Waals surface area contributed by atoms with Crippen molar-refractivity contribution in [3.63, 3.8) is 0 Å². The Morgan fingerprint density at radius 3 is 2.30 bits per heavy atom. The fraction of sp³-hybridized carbons (Fsp3) is 0.259. The number of aryl methyl sites for hydroxylation is 1. The highest BCUT2D eigenvalue weighted by Gasteiger charge is 2.30. The minimum atomic E-state index is -4.16. The minimum absolute atomic E-state index is 0.0128. The Bertz CT molecular complexity index is 1340. The van der Waals surface area contributed by atoms with Crippen LogP contribution in [0.1, 0.15) is 35.7 Å². The largest absolute Gasteiger partial charge is 0.495 e. The lowest BCUT2D eigenvalue weighted by molar-refractivity contribution is -0.114. The lowest BCUT2D eigenvalue weighted by atomic mass is 10.2. The summed E-state index contributed by atoms with van der Waals surface area (Å²) in [7, 11) is -2.76. The van der Waals surface area contributed by atoms with E-state index in [1.165, 1.54) is 43.5 Å². The number of amides is 1. The molecular weight excluding hydrogens is 516 g/mol. The molecule has 0 bridgehead atoms. The topological polar surface area (TPSA) is 102 Å². The van der Waals surface area contributed by atoms with Gasteiger partial charge in [0.2, 0.25) is 5.91 Å². The van der Waals surface area contributed by atoms with Crippen molar-refractivity contribution in [1.29, 1.82) is 0 Å². The summed E-state index contributed by atoms with van der Waals surface area (Å²) in [4.78, 5) is 25.1. The maximum Gasteiger partial charge on any atom is 0.338 e. The first-order chi connectivity index (χ1) is 17.6. The smallest absolute Gasteiger partial charge is 0.338 e. The van der Waals surface area contributed by atoms with Crippen LogP contribution in [-0.4, -0.2) is 40.6 Å². The first-order valence-corrected chi connectivity index (χ1v) is 13.5. The number of hydrogen-bond donors (Lipinski definition) is 1. The van der Waals surface area contributed by atoms with Crippen LogP contribution in [0.2, 0.25) is 5.02 Å². The van der Waals surface area contributed by atoms with Gasteiger partial charge in [-0.3, -0.25) is 9.10 Å². The summed E-state index contributed by atoms with van der Waals surface area (Å²) in [6, 6.07) is 17.0. The van der Waals surface area contributed by atoms with Crippen molar-refractivity contribution in [1.82, 2.24) is 0 Å². The van der Waals surface area contributed by atoms with Crippen LogP contribution in [0.15, 0.2) is 71.6 Å². The molecule has 37 heavy (non-hydrogen) atoms. The molecule has 8 nitrogen and oxygen atoms in total. The van der Waals surface area contributed by atoms with Crippen molar-refractivity contribution >= 4 is 44.9 Å². The maximum atomic E-state index is 13.6. The van der Waals surface area contributed by atoms with E-state index < -0.39 is 28.4 Å². The summed E-state index contributed by atoms with van der Waals surface area (Å²) in [5.41, 5.74) is 1.75. The fourth-order valence-electron chi connectivity index (χ4n) is 3.41. The van der Waals surface area contributed by atoms with Gasteiger partial charge in [0.1, 0.15) is 12.3 Å². The highest BCUT2D eigenvalue weighted by molar-refractivity contribution is 7.92. The predicted molar refractivity (Wildman–Crippen MR) is 144 cm³/mol. The Hall–Kier alpha value is -3.56.